The van der Waals surface area contributed by atoms with Crippen molar-refractivity contribution < 1.29 is 0 Å². The second-order valence-corrected chi connectivity index (χ2v) is 3.77. The Hall–Kier alpha value is -2.07. The third-order valence-corrected chi connectivity index (χ3v) is 2.52. The van der Waals surface area contributed by atoms with Gasteiger partial charge in [-0.3, -0.25) is 0 Å². The van der Waals surface area contributed by atoms with E-state index >= 15 is 0 Å². The lowest BCUT2D eigenvalue weighted by Gasteiger charge is -2.04. The molecule has 0 bridgehead atoms. The maximum atomic E-state index is 5.88. The van der Waals surface area contributed by atoms with Crippen molar-refractivity contribution in [1.29, 1.82) is 0 Å². The van der Waals surface area contributed by atoms with Crippen molar-refractivity contribution in [3.8, 4) is 11.3 Å². The van der Waals surface area contributed by atoms with Crippen LogP contribution in [0.15, 0.2) is 42.7 Å². The van der Waals surface area contributed by atoms with Gasteiger partial charge in [0, 0.05) is 18.0 Å². The summed E-state index contributed by atoms with van der Waals surface area (Å²) in [5.74, 6) is 0. The summed E-state index contributed by atoms with van der Waals surface area (Å²) in [6, 6.07) is 9.72. The summed E-state index contributed by atoms with van der Waals surface area (Å²) in [4.78, 5) is 16.6. The van der Waals surface area contributed by atoms with Gasteiger partial charge in [0.25, 0.3) is 0 Å². The van der Waals surface area contributed by atoms with Crippen LogP contribution < -0.4 is 0 Å². The van der Waals surface area contributed by atoms with Crippen LogP contribution >= 0.6 is 11.6 Å². The van der Waals surface area contributed by atoms with Crippen LogP contribution in [-0.4, -0.2) is 19.9 Å². The molecule has 3 aromatic rings. The van der Waals surface area contributed by atoms with Gasteiger partial charge in [0.15, 0.2) is 5.65 Å². The number of fused-ring (bicyclic) bond motifs is 1. The molecule has 0 N–H and O–H groups in total. The van der Waals surface area contributed by atoms with Gasteiger partial charge in [-0.05, 0) is 11.6 Å². The number of nitrogens with zero attached hydrogens (tertiary/aromatic N) is 4. The molecule has 0 unspecified atom stereocenters. The van der Waals surface area contributed by atoms with E-state index in [1.807, 2.05) is 30.3 Å². The normalized spacial score (nSPS) is 10.6. The molecule has 0 aliphatic heterocycles. The SMILES string of the molecule is Clc1nc(-c2ccccc2)c2nccnc2n1. The standard InChI is InChI=1S/C12H7ClN4/c13-12-16-9(8-4-2-1-3-5-8)10-11(17-12)15-7-6-14-10/h1-7H. The number of rotatable bonds is 1. The molecule has 0 fully saturated rings. The van der Waals surface area contributed by atoms with E-state index in [0.717, 1.165) is 5.56 Å². The van der Waals surface area contributed by atoms with Gasteiger partial charge in [-0.15, -0.1) is 0 Å². The summed E-state index contributed by atoms with van der Waals surface area (Å²) in [5.41, 5.74) is 2.81. The first-order chi connectivity index (χ1) is 8.34. The number of benzene rings is 1. The molecule has 0 saturated carbocycles. The Bertz CT molecular complexity index is 670. The largest absolute Gasteiger partial charge is 0.249 e. The van der Waals surface area contributed by atoms with Crippen LogP contribution in [0.4, 0.5) is 0 Å². The fourth-order valence-corrected chi connectivity index (χ4v) is 1.80. The second-order valence-electron chi connectivity index (χ2n) is 3.44. The minimum Gasteiger partial charge on any atom is -0.249 e. The monoisotopic (exact) mass is 242 g/mol. The minimum absolute atomic E-state index is 0.178. The molecule has 0 spiro atoms. The van der Waals surface area contributed by atoms with Gasteiger partial charge in [-0.1, -0.05) is 30.3 Å². The van der Waals surface area contributed by atoms with E-state index in [9.17, 15) is 0 Å². The van der Waals surface area contributed by atoms with E-state index in [-0.39, 0.29) is 5.28 Å². The third-order valence-electron chi connectivity index (χ3n) is 2.35. The number of hydrogen-bond donors (Lipinski definition) is 0. The van der Waals surface area contributed by atoms with E-state index in [4.69, 9.17) is 11.6 Å². The van der Waals surface area contributed by atoms with E-state index < -0.39 is 0 Å². The van der Waals surface area contributed by atoms with Crippen molar-refractivity contribution in [3.63, 3.8) is 0 Å². The summed E-state index contributed by atoms with van der Waals surface area (Å²) >= 11 is 5.88. The molecule has 0 saturated heterocycles. The van der Waals surface area contributed by atoms with Gasteiger partial charge >= 0.3 is 0 Å². The molecule has 0 amide bonds. The highest BCUT2D eigenvalue weighted by Crippen LogP contribution is 2.24. The first kappa shape index (κ1) is 10.1. The lowest BCUT2D eigenvalue weighted by Crippen LogP contribution is -1.94. The van der Waals surface area contributed by atoms with Crippen molar-refractivity contribution in [3.05, 3.63) is 48.0 Å². The fraction of sp³-hybridized carbons (Fsp3) is 0. The number of halogens is 1. The van der Waals surface area contributed by atoms with Crippen LogP contribution in [0.2, 0.25) is 5.28 Å². The lowest BCUT2D eigenvalue weighted by molar-refractivity contribution is 1.15. The van der Waals surface area contributed by atoms with Crippen molar-refractivity contribution >= 4 is 22.8 Å². The smallest absolute Gasteiger partial charge is 0.225 e. The van der Waals surface area contributed by atoms with Crippen LogP contribution in [0.5, 0.6) is 0 Å². The summed E-state index contributed by atoms with van der Waals surface area (Å²) in [7, 11) is 0. The van der Waals surface area contributed by atoms with Crippen molar-refractivity contribution in [2.24, 2.45) is 0 Å². The molecule has 0 radical (unpaired) electrons. The molecule has 0 atom stereocenters. The summed E-state index contributed by atoms with van der Waals surface area (Å²) in [6.45, 7) is 0. The van der Waals surface area contributed by atoms with Crippen molar-refractivity contribution in [2.45, 2.75) is 0 Å². The highest BCUT2D eigenvalue weighted by atomic mass is 35.5. The molecule has 3 rings (SSSR count). The predicted molar refractivity (Wildman–Crippen MR) is 65.6 cm³/mol. The topological polar surface area (TPSA) is 51.6 Å². The molecule has 17 heavy (non-hydrogen) atoms. The average Bonchev–Trinajstić information content (AvgIpc) is 2.39. The Kier molecular flexibility index (Phi) is 2.42. The average molecular weight is 243 g/mol. The lowest BCUT2D eigenvalue weighted by atomic mass is 10.1. The summed E-state index contributed by atoms with van der Waals surface area (Å²) in [5, 5.41) is 0.178. The molecular formula is C12H7ClN4. The maximum absolute atomic E-state index is 5.88. The third kappa shape index (κ3) is 1.83. The summed E-state index contributed by atoms with van der Waals surface area (Å²) in [6.07, 6.45) is 3.20. The molecule has 0 aliphatic rings. The van der Waals surface area contributed by atoms with Crippen molar-refractivity contribution in [2.75, 3.05) is 0 Å². The highest BCUT2D eigenvalue weighted by Gasteiger charge is 2.09. The van der Waals surface area contributed by atoms with E-state index in [2.05, 4.69) is 19.9 Å². The van der Waals surface area contributed by atoms with Crippen LogP contribution in [0.3, 0.4) is 0 Å². The Morgan fingerprint density at radius 2 is 1.65 bits per heavy atom. The van der Waals surface area contributed by atoms with Gasteiger partial charge < -0.3 is 0 Å². The molecule has 4 nitrogen and oxygen atoms in total. The quantitative estimate of drug-likeness (QED) is 0.616. The van der Waals surface area contributed by atoms with Crippen LogP contribution in [0.25, 0.3) is 22.4 Å². The maximum Gasteiger partial charge on any atom is 0.225 e. The van der Waals surface area contributed by atoms with Crippen LogP contribution in [0.1, 0.15) is 0 Å². The summed E-state index contributed by atoms with van der Waals surface area (Å²) < 4.78 is 0. The van der Waals surface area contributed by atoms with Gasteiger partial charge in [-0.25, -0.2) is 15.0 Å². The Balaban J connectivity index is 2.36. The Morgan fingerprint density at radius 3 is 2.47 bits per heavy atom. The first-order valence-corrected chi connectivity index (χ1v) is 5.42. The first-order valence-electron chi connectivity index (χ1n) is 5.04. The fourth-order valence-electron chi connectivity index (χ4n) is 1.63. The van der Waals surface area contributed by atoms with E-state index in [0.29, 0.717) is 16.9 Å². The predicted octanol–water partition coefficient (Wildman–Crippen LogP) is 2.74. The minimum atomic E-state index is 0.178. The van der Waals surface area contributed by atoms with Gasteiger partial charge in [-0.2, -0.15) is 4.98 Å². The van der Waals surface area contributed by atoms with Gasteiger partial charge in [0.2, 0.25) is 5.28 Å². The zero-order chi connectivity index (χ0) is 11.7. The van der Waals surface area contributed by atoms with E-state index in [1.165, 1.54) is 0 Å². The molecule has 2 heterocycles. The molecule has 2 aromatic heterocycles. The number of hydrogen-bond acceptors (Lipinski definition) is 4. The zero-order valence-corrected chi connectivity index (χ0v) is 9.46. The van der Waals surface area contributed by atoms with E-state index in [1.54, 1.807) is 12.4 Å². The molecule has 0 aliphatic carbocycles. The molecule has 82 valence electrons. The zero-order valence-electron chi connectivity index (χ0n) is 8.71. The highest BCUT2D eigenvalue weighted by molar-refractivity contribution is 6.28. The van der Waals surface area contributed by atoms with Gasteiger partial charge in [0.1, 0.15) is 11.2 Å². The van der Waals surface area contributed by atoms with Gasteiger partial charge in [0.05, 0.1) is 0 Å². The van der Waals surface area contributed by atoms with Crippen LogP contribution in [0, 0.1) is 0 Å². The molecular weight excluding hydrogens is 236 g/mol. The molecule has 1 aromatic carbocycles. The second kappa shape index (κ2) is 4.07. The van der Waals surface area contributed by atoms with Crippen LogP contribution in [-0.2, 0) is 0 Å². The molecule has 5 heteroatoms. The van der Waals surface area contributed by atoms with Crippen molar-refractivity contribution in [1.82, 2.24) is 19.9 Å². The Labute approximate surface area is 102 Å². The number of aromatic nitrogens is 4. The Morgan fingerprint density at radius 1 is 0.882 bits per heavy atom.